The van der Waals surface area contributed by atoms with E-state index in [2.05, 4.69) is 15.2 Å². The highest BCUT2D eigenvalue weighted by Crippen LogP contribution is 2.38. The number of hydrogen-bond donors (Lipinski definition) is 3. The van der Waals surface area contributed by atoms with Gasteiger partial charge in [0.05, 0.1) is 18.3 Å². The van der Waals surface area contributed by atoms with Crippen molar-refractivity contribution < 1.29 is 14.3 Å². The Morgan fingerprint density at radius 1 is 1.18 bits per heavy atom. The molecule has 0 atom stereocenters. The van der Waals surface area contributed by atoms with E-state index in [1.807, 2.05) is 12.1 Å². The summed E-state index contributed by atoms with van der Waals surface area (Å²) in [6.45, 7) is 0.00243. The third kappa shape index (κ3) is 2.98. The lowest BCUT2D eigenvalue weighted by molar-refractivity contribution is 0.0687. The Morgan fingerprint density at radius 2 is 2.00 bits per heavy atom. The van der Waals surface area contributed by atoms with Crippen LogP contribution in [0.1, 0.15) is 33.6 Å². The fraction of sp³-hybridized carbons (Fsp3) is 0.160. The minimum atomic E-state index is -1.17. The van der Waals surface area contributed by atoms with Gasteiger partial charge in [0, 0.05) is 39.2 Å². The van der Waals surface area contributed by atoms with Gasteiger partial charge in [-0.15, -0.1) is 0 Å². The third-order valence-corrected chi connectivity index (χ3v) is 6.50. The van der Waals surface area contributed by atoms with E-state index in [9.17, 15) is 19.1 Å². The number of aryl methyl sites for hydroxylation is 2. The first-order chi connectivity index (χ1) is 16.0. The van der Waals surface area contributed by atoms with Crippen LogP contribution in [-0.2, 0) is 19.4 Å². The van der Waals surface area contributed by atoms with E-state index in [4.69, 9.17) is 0 Å². The molecule has 3 aromatic heterocycles. The second-order valence-electron chi connectivity index (χ2n) is 8.42. The molecule has 164 valence electrons. The van der Waals surface area contributed by atoms with E-state index in [0.717, 1.165) is 30.4 Å². The number of aromatic carboxylic acids is 1. The van der Waals surface area contributed by atoms with Crippen LogP contribution in [0.15, 0.2) is 53.6 Å². The highest BCUT2D eigenvalue weighted by Gasteiger charge is 2.27. The van der Waals surface area contributed by atoms with Gasteiger partial charge in [0.2, 0.25) is 0 Å². The Kier molecular flexibility index (Phi) is 4.23. The molecule has 0 unspecified atom stereocenters. The molecule has 0 amide bonds. The number of carboxylic acid groups (broad SMARTS) is 1. The SMILES string of the molecule is O=C(O)c1c(-c2ccc[nH]c2=O)c2cc3c(cc2n1Cc1cc2[nH]ncc2cc1F)CCC3. The lowest BCUT2D eigenvalue weighted by Gasteiger charge is -2.11. The molecule has 1 aliphatic rings. The van der Waals surface area contributed by atoms with Crippen LogP contribution in [0.25, 0.3) is 32.9 Å². The van der Waals surface area contributed by atoms with Gasteiger partial charge in [-0.1, -0.05) is 0 Å². The maximum absolute atomic E-state index is 15.0. The van der Waals surface area contributed by atoms with Crippen molar-refractivity contribution in [1.29, 1.82) is 0 Å². The van der Waals surface area contributed by atoms with Crippen LogP contribution in [0.2, 0.25) is 0 Å². The minimum Gasteiger partial charge on any atom is -0.477 e. The third-order valence-electron chi connectivity index (χ3n) is 6.50. The molecule has 0 radical (unpaired) electrons. The topological polar surface area (TPSA) is 104 Å². The molecule has 0 saturated heterocycles. The highest BCUT2D eigenvalue weighted by molar-refractivity contribution is 6.08. The van der Waals surface area contributed by atoms with E-state index < -0.39 is 11.8 Å². The molecule has 0 aliphatic heterocycles. The summed E-state index contributed by atoms with van der Waals surface area (Å²) in [7, 11) is 0. The van der Waals surface area contributed by atoms with E-state index in [1.54, 1.807) is 29.0 Å². The summed E-state index contributed by atoms with van der Waals surface area (Å²) in [5.41, 5.74) is 4.24. The number of nitrogens with zero attached hydrogens (tertiary/aromatic N) is 2. The normalized spacial score (nSPS) is 13.1. The lowest BCUT2D eigenvalue weighted by Crippen LogP contribution is -2.14. The van der Waals surface area contributed by atoms with Crippen molar-refractivity contribution >= 4 is 27.8 Å². The van der Waals surface area contributed by atoms with E-state index in [1.165, 1.54) is 12.3 Å². The van der Waals surface area contributed by atoms with Gasteiger partial charge in [-0.05, 0) is 66.8 Å². The molecule has 3 heterocycles. The molecule has 3 N–H and O–H groups in total. The second kappa shape index (κ2) is 7.16. The summed E-state index contributed by atoms with van der Waals surface area (Å²) in [4.78, 5) is 27.9. The molecule has 0 bridgehead atoms. The summed E-state index contributed by atoms with van der Waals surface area (Å²) < 4.78 is 16.6. The number of carboxylic acids is 1. The average molecular weight is 442 g/mol. The molecule has 33 heavy (non-hydrogen) atoms. The molecule has 1 aliphatic carbocycles. The summed E-state index contributed by atoms with van der Waals surface area (Å²) in [6.07, 6.45) is 5.90. The number of aromatic amines is 2. The number of fused-ring (bicyclic) bond motifs is 3. The number of H-pyrrole nitrogens is 2. The molecule has 5 aromatic rings. The minimum absolute atomic E-state index is 0.00243. The van der Waals surface area contributed by atoms with Gasteiger partial charge < -0.3 is 14.7 Å². The quantitative estimate of drug-likeness (QED) is 0.387. The Labute approximate surface area is 186 Å². The summed E-state index contributed by atoms with van der Waals surface area (Å²) in [6, 6.07) is 10.3. The number of benzene rings is 2. The predicted molar refractivity (Wildman–Crippen MR) is 122 cm³/mol. The van der Waals surface area contributed by atoms with Gasteiger partial charge in [-0.2, -0.15) is 5.10 Å². The van der Waals surface area contributed by atoms with Crippen LogP contribution < -0.4 is 5.56 Å². The Morgan fingerprint density at radius 3 is 2.79 bits per heavy atom. The maximum Gasteiger partial charge on any atom is 0.353 e. The van der Waals surface area contributed by atoms with E-state index in [-0.39, 0.29) is 23.4 Å². The molecule has 2 aromatic carbocycles. The lowest BCUT2D eigenvalue weighted by atomic mass is 10.00. The van der Waals surface area contributed by atoms with Gasteiger partial charge >= 0.3 is 5.97 Å². The van der Waals surface area contributed by atoms with Gasteiger partial charge in [-0.3, -0.25) is 9.89 Å². The van der Waals surface area contributed by atoms with Crippen molar-refractivity contribution in [2.45, 2.75) is 25.8 Å². The standard InChI is InChI=1S/C25H19FN4O3/c26-19-8-15-11-28-29-20(15)9-16(19)12-30-21-10-14-4-1-3-13(14)7-18(21)22(23(30)25(32)33)17-5-2-6-27-24(17)31/h2,5-11H,1,3-4,12H2,(H,27,31)(H,28,29)(H,32,33). The van der Waals surface area contributed by atoms with Crippen molar-refractivity contribution in [2.24, 2.45) is 0 Å². The monoisotopic (exact) mass is 442 g/mol. The zero-order valence-electron chi connectivity index (χ0n) is 17.5. The van der Waals surface area contributed by atoms with Crippen LogP contribution >= 0.6 is 0 Å². The van der Waals surface area contributed by atoms with Crippen LogP contribution in [0.5, 0.6) is 0 Å². The molecule has 7 nitrogen and oxygen atoms in total. The van der Waals surface area contributed by atoms with Crippen LogP contribution in [0, 0.1) is 5.82 Å². The summed E-state index contributed by atoms with van der Waals surface area (Å²) in [5, 5.41) is 18.4. The molecule has 0 saturated carbocycles. The number of aromatic nitrogens is 4. The van der Waals surface area contributed by atoms with Gasteiger partial charge in [0.1, 0.15) is 11.5 Å². The number of rotatable bonds is 4. The first-order valence-electron chi connectivity index (χ1n) is 10.7. The zero-order valence-corrected chi connectivity index (χ0v) is 17.5. The Bertz CT molecular complexity index is 1640. The Hall–Kier alpha value is -4.20. The van der Waals surface area contributed by atoms with Gasteiger partial charge in [0.25, 0.3) is 5.56 Å². The van der Waals surface area contributed by atoms with Gasteiger partial charge in [0.15, 0.2) is 0 Å². The smallest absolute Gasteiger partial charge is 0.353 e. The van der Waals surface area contributed by atoms with Crippen molar-refractivity contribution in [3.8, 4) is 11.1 Å². The number of hydrogen-bond acceptors (Lipinski definition) is 3. The maximum atomic E-state index is 15.0. The molecular formula is C25H19FN4O3. The molecule has 6 rings (SSSR count). The van der Waals surface area contributed by atoms with Crippen molar-refractivity contribution in [1.82, 2.24) is 19.7 Å². The molecule has 8 heteroatoms. The first-order valence-corrected chi connectivity index (χ1v) is 10.7. The average Bonchev–Trinajstić information content (AvgIpc) is 3.50. The number of nitrogens with one attached hydrogen (secondary N) is 2. The fourth-order valence-electron chi connectivity index (χ4n) is 5.00. The van der Waals surface area contributed by atoms with Crippen LogP contribution in [0.3, 0.4) is 0 Å². The number of halogens is 1. The molecule has 0 spiro atoms. The summed E-state index contributed by atoms with van der Waals surface area (Å²) in [5.74, 6) is -1.62. The van der Waals surface area contributed by atoms with Crippen molar-refractivity contribution in [3.63, 3.8) is 0 Å². The number of carbonyl (C=O) groups is 1. The predicted octanol–water partition coefficient (Wildman–Crippen LogP) is 4.25. The van der Waals surface area contributed by atoms with Gasteiger partial charge in [-0.25, -0.2) is 9.18 Å². The van der Waals surface area contributed by atoms with E-state index in [0.29, 0.717) is 32.9 Å². The molecular weight excluding hydrogens is 423 g/mol. The second-order valence-corrected chi connectivity index (χ2v) is 8.42. The number of pyridine rings is 1. The fourth-order valence-corrected chi connectivity index (χ4v) is 5.00. The highest BCUT2D eigenvalue weighted by atomic mass is 19.1. The largest absolute Gasteiger partial charge is 0.477 e. The van der Waals surface area contributed by atoms with Crippen molar-refractivity contribution in [3.05, 3.63) is 87.3 Å². The zero-order chi connectivity index (χ0) is 22.7. The van der Waals surface area contributed by atoms with Crippen LogP contribution in [0.4, 0.5) is 4.39 Å². The van der Waals surface area contributed by atoms with Crippen LogP contribution in [-0.4, -0.2) is 30.8 Å². The first kappa shape index (κ1) is 19.5. The Balaban J connectivity index is 1.67. The summed E-state index contributed by atoms with van der Waals surface area (Å²) >= 11 is 0. The molecule has 0 fully saturated rings. The van der Waals surface area contributed by atoms with E-state index >= 15 is 0 Å². The van der Waals surface area contributed by atoms with Crippen molar-refractivity contribution in [2.75, 3.05) is 0 Å².